The van der Waals surface area contributed by atoms with E-state index in [2.05, 4.69) is 58.7 Å². The predicted octanol–water partition coefficient (Wildman–Crippen LogP) is 7.81. The van der Waals surface area contributed by atoms with E-state index in [9.17, 15) is 23.1 Å². The van der Waals surface area contributed by atoms with Crippen LogP contribution in [0, 0.1) is 62.1 Å². The van der Waals surface area contributed by atoms with Crippen LogP contribution in [-0.4, -0.2) is 132 Å². The molecule has 0 bridgehead atoms. The number of carboxylic acids is 1. The first-order chi connectivity index (χ1) is 30.0. The molecule has 7 aliphatic rings. The Hall–Kier alpha value is -1.35. The first kappa shape index (κ1) is 50.5. The molecule has 0 amide bonds. The number of hydrogen-bond acceptors (Lipinski definition) is 11. The highest BCUT2D eigenvalue weighted by molar-refractivity contribution is 7.91. The number of esters is 1. The van der Waals surface area contributed by atoms with Crippen LogP contribution in [-0.2, 0) is 43.1 Å². The second-order valence-electron chi connectivity index (χ2n) is 24.3. The minimum Gasteiger partial charge on any atom is -0.481 e. The lowest BCUT2D eigenvalue weighted by Crippen LogP contribution is -2.69. The number of nitrogens with one attached hydrogen (secondary N) is 1. The van der Waals surface area contributed by atoms with Crippen LogP contribution < -0.4 is 5.32 Å². The fourth-order valence-corrected chi connectivity index (χ4v) is 17.1. The fraction of sp³-hybridized carbons (Fsp3) is 0.961. The van der Waals surface area contributed by atoms with Crippen LogP contribution in [0.25, 0.3) is 0 Å². The summed E-state index contributed by atoms with van der Waals surface area (Å²) in [5.41, 5.74) is -0.369. The van der Waals surface area contributed by atoms with Crippen molar-refractivity contribution in [3.8, 4) is 0 Å². The maximum Gasteiger partial charge on any atom is 0.309 e. The van der Waals surface area contributed by atoms with Gasteiger partial charge in [-0.25, -0.2) is 8.42 Å². The number of carboxylic acid groups (broad SMARTS) is 1. The minimum absolute atomic E-state index is 0.0512. The molecule has 0 aromatic heterocycles. The van der Waals surface area contributed by atoms with Gasteiger partial charge in [-0.05, 0) is 149 Å². The zero-order valence-electron chi connectivity index (χ0n) is 41.6. The molecule has 1 saturated heterocycles. The van der Waals surface area contributed by atoms with Gasteiger partial charge in [0, 0.05) is 43.7 Å². The molecule has 1 heterocycles. The molecule has 2 N–H and O–H groups in total. The second-order valence-corrected chi connectivity index (χ2v) is 26.6. The smallest absolute Gasteiger partial charge is 0.309 e. The van der Waals surface area contributed by atoms with Gasteiger partial charge in [-0.2, -0.15) is 0 Å². The van der Waals surface area contributed by atoms with Crippen LogP contribution in [0.2, 0.25) is 0 Å². The van der Waals surface area contributed by atoms with Gasteiger partial charge in [0.2, 0.25) is 0 Å². The Balaban J connectivity index is 1.07. The van der Waals surface area contributed by atoms with Crippen LogP contribution in [0.5, 0.6) is 0 Å². The second kappa shape index (κ2) is 18.9. The normalized spacial score (nSPS) is 39.7. The third kappa shape index (κ3) is 9.51. The lowest BCUT2D eigenvalue weighted by molar-refractivity contribution is -0.248. The maximum absolute atomic E-state index is 13.2. The van der Waals surface area contributed by atoms with Crippen molar-refractivity contribution in [2.24, 2.45) is 62.1 Å². The highest BCUT2D eigenvalue weighted by atomic mass is 32.2. The van der Waals surface area contributed by atoms with Gasteiger partial charge in [0.25, 0.3) is 0 Å². The summed E-state index contributed by atoms with van der Waals surface area (Å²) in [5, 5.41) is 14.1. The Labute approximate surface area is 387 Å². The number of aliphatic carboxylic acids is 1. The highest BCUT2D eigenvalue weighted by Crippen LogP contribution is 2.78. The average Bonchev–Trinajstić information content (AvgIpc) is 3.84. The number of ether oxygens (including phenoxy) is 5. The SMILES string of the molecule is COCCOCCOCCO[C@H](C)[C@@H](CN[C@]12CC[C@@H](C3(C)CC3)[C@@H]1[C@H]1CC[C@@H]3[C@@]4(C)CC[C@H](OC(=O)CC(C)(C)C(=O)O)C(C)(C)[C@@H]4CC[C@@]3(C)[C@]1(C)CC2)N1CCS(=O)(=O)CC1. The highest BCUT2D eigenvalue weighted by Gasteiger charge is 2.72. The van der Waals surface area contributed by atoms with Gasteiger partial charge in [0.15, 0.2) is 9.84 Å². The number of nitrogens with zero attached hydrogens (tertiary/aromatic N) is 1. The topological polar surface area (TPSA) is 150 Å². The van der Waals surface area contributed by atoms with Gasteiger partial charge in [0.05, 0.1) is 69.1 Å². The molecular weight excluding hydrogens is 833 g/mol. The van der Waals surface area contributed by atoms with Crippen molar-refractivity contribution in [2.75, 3.05) is 77.9 Å². The Morgan fingerprint density at radius 3 is 2.06 bits per heavy atom. The molecule has 7 rings (SSSR count). The molecule has 0 aromatic rings. The maximum atomic E-state index is 13.2. The van der Waals surface area contributed by atoms with Crippen LogP contribution >= 0.6 is 0 Å². The van der Waals surface area contributed by atoms with E-state index in [4.69, 9.17) is 23.7 Å². The van der Waals surface area contributed by atoms with Crippen molar-refractivity contribution in [1.29, 1.82) is 0 Å². The largest absolute Gasteiger partial charge is 0.481 e. The molecule has 12 atom stereocenters. The molecule has 0 spiro atoms. The summed E-state index contributed by atoms with van der Waals surface area (Å²) in [7, 11) is -1.37. The molecule has 0 radical (unpaired) electrons. The van der Waals surface area contributed by atoms with Gasteiger partial charge in [-0.15, -0.1) is 0 Å². The van der Waals surface area contributed by atoms with Crippen molar-refractivity contribution in [3.63, 3.8) is 0 Å². The third-order valence-electron chi connectivity index (χ3n) is 20.2. The van der Waals surface area contributed by atoms with Gasteiger partial charge in [0.1, 0.15) is 6.10 Å². The van der Waals surface area contributed by atoms with Crippen LogP contribution in [0.4, 0.5) is 0 Å². The van der Waals surface area contributed by atoms with E-state index < -0.39 is 27.2 Å². The number of carbonyl (C=O) groups excluding carboxylic acids is 1. The van der Waals surface area contributed by atoms with E-state index in [1.165, 1.54) is 57.8 Å². The zero-order chi connectivity index (χ0) is 46.6. The van der Waals surface area contributed by atoms with Crippen LogP contribution in [0.15, 0.2) is 0 Å². The van der Waals surface area contributed by atoms with E-state index in [1.807, 2.05) is 0 Å². The Kier molecular flexibility index (Phi) is 14.9. The molecule has 0 unspecified atom stereocenters. The lowest BCUT2D eigenvalue weighted by Gasteiger charge is -2.73. The standard InChI is InChI=1S/C51H88N2O10S/c1-35(62-30-29-61-28-27-60-26-25-59-10)38(53-23-31-64(57,58)32-24-53)34-52-51-18-13-36(47(6)19-20-47)43(51)37-11-12-40-48(7)16-15-41(63-42(54)33-45(2,3)44(55)56)46(4,5)39(48)14-17-50(40,9)49(37,8)21-22-51/h35-41,43,52H,11-34H2,1-10H3,(H,55,56)/t35-,36-,37-,38-,39+,40-,41+,43-,48+,49-,50-,51+/m1/s1. The summed E-state index contributed by atoms with van der Waals surface area (Å²) in [6, 6.07) is 0.0525. The van der Waals surface area contributed by atoms with Crippen LogP contribution in [0.3, 0.4) is 0 Å². The third-order valence-corrected chi connectivity index (χ3v) is 21.8. The Morgan fingerprint density at radius 1 is 0.766 bits per heavy atom. The van der Waals surface area contributed by atoms with Crippen molar-refractivity contribution >= 4 is 21.8 Å². The fourth-order valence-electron chi connectivity index (χ4n) is 15.9. The predicted molar refractivity (Wildman–Crippen MR) is 249 cm³/mol. The summed E-state index contributed by atoms with van der Waals surface area (Å²) in [4.78, 5) is 27.5. The van der Waals surface area contributed by atoms with Gasteiger partial charge in [-0.3, -0.25) is 14.5 Å². The first-order valence-corrected chi connectivity index (χ1v) is 27.2. The van der Waals surface area contributed by atoms with Crippen molar-refractivity contribution in [2.45, 2.75) is 170 Å². The van der Waals surface area contributed by atoms with E-state index in [0.29, 0.717) is 87.7 Å². The lowest BCUT2D eigenvalue weighted by atomic mass is 9.32. The average molecular weight is 921 g/mol. The minimum atomic E-state index is -3.03. The van der Waals surface area contributed by atoms with Gasteiger partial charge in [-0.1, -0.05) is 41.5 Å². The Morgan fingerprint density at radius 2 is 1.42 bits per heavy atom. The van der Waals surface area contributed by atoms with E-state index in [0.717, 1.165) is 25.8 Å². The van der Waals surface area contributed by atoms with Crippen molar-refractivity contribution < 1.29 is 46.8 Å². The summed E-state index contributed by atoms with van der Waals surface area (Å²) in [6.45, 7) is 25.6. The van der Waals surface area contributed by atoms with Gasteiger partial charge < -0.3 is 34.1 Å². The van der Waals surface area contributed by atoms with Crippen LogP contribution in [0.1, 0.15) is 146 Å². The van der Waals surface area contributed by atoms with E-state index in [-0.39, 0.29) is 63.4 Å². The molecule has 0 aromatic carbocycles. The van der Waals surface area contributed by atoms with Crippen molar-refractivity contribution in [3.05, 3.63) is 0 Å². The van der Waals surface area contributed by atoms with E-state index >= 15 is 0 Å². The summed E-state index contributed by atoms with van der Waals surface area (Å²) < 4.78 is 54.5. The molecule has 6 aliphatic carbocycles. The van der Waals surface area contributed by atoms with Gasteiger partial charge >= 0.3 is 11.9 Å². The summed E-state index contributed by atoms with van der Waals surface area (Å²) in [6.07, 6.45) is 13.8. The molecular formula is C51H88N2O10S. The zero-order valence-corrected chi connectivity index (χ0v) is 42.4. The molecule has 13 heteroatoms. The van der Waals surface area contributed by atoms with Crippen molar-refractivity contribution in [1.82, 2.24) is 10.2 Å². The molecule has 7 fully saturated rings. The molecule has 12 nitrogen and oxygen atoms in total. The number of carbonyl (C=O) groups is 2. The summed E-state index contributed by atoms with van der Waals surface area (Å²) in [5.74, 6) is 1.97. The number of methoxy groups -OCH3 is 1. The Bertz CT molecular complexity index is 1760. The quantitative estimate of drug-likeness (QED) is 0.0907. The number of hydrogen-bond donors (Lipinski definition) is 2. The first-order valence-electron chi connectivity index (χ1n) is 25.4. The monoisotopic (exact) mass is 921 g/mol. The van der Waals surface area contributed by atoms with E-state index in [1.54, 1.807) is 21.0 Å². The molecule has 1 aliphatic heterocycles. The molecule has 368 valence electrons. The molecule has 64 heavy (non-hydrogen) atoms. The molecule has 6 saturated carbocycles. The number of sulfone groups is 1. The number of fused-ring (bicyclic) bond motifs is 7. The number of rotatable bonds is 20. The summed E-state index contributed by atoms with van der Waals surface area (Å²) >= 11 is 0.